The SMILES string of the molecule is O=C(Nc1ccc(-n2[nH]c(-c3ccccc3)cc2=O)c(Cl)c1)NS(=O)(=O)c1ccc(Cl)s1. The van der Waals surface area contributed by atoms with Crippen LogP contribution < -0.4 is 15.6 Å². The van der Waals surface area contributed by atoms with Gasteiger partial charge in [-0.2, -0.15) is 0 Å². The number of sulfonamides is 1. The van der Waals surface area contributed by atoms with E-state index in [2.05, 4.69) is 10.4 Å². The van der Waals surface area contributed by atoms with Crippen LogP contribution in [0.25, 0.3) is 16.9 Å². The summed E-state index contributed by atoms with van der Waals surface area (Å²) in [6, 6.07) is 16.9. The Morgan fingerprint density at radius 2 is 1.75 bits per heavy atom. The highest BCUT2D eigenvalue weighted by Crippen LogP contribution is 2.26. The number of H-pyrrole nitrogens is 1. The van der Waals surface area contributed by atoms with Gasteiger partial charge in [-0.25, -0.2) is 22.6 Å². The molecule has 2 aromatic carbocycles. The molecule has 2 heterocycles. The van der Waals surface area contributed by atoms with Crippen molar-refractivity contribution in [3.05, 3.63) is 86.4 Å². The lowest BCUT2D eigenvalue weighted by Crippen LogP contribution is -2.33. The number of carbonyl (C=O) groups is 1. The van der Waals surface area contributed by atoms with Crippen LogP contribution in [0.15, 0.2) is 75.7 Å². The van der Waals surface area contributed by atoms with Crippen molar-refractivity contribution in [1.82, 2.24) is 14.5 Å². The molecule has 0 spiro atoms. The largest absolute Gasteiger partial charge is 0.333 e. The van der Waals surface area contributed by atoms with Gasteiger partial charge in [-0.1, -0.05) is 53.5 Å². The average Bonchev–Trinajstić information content (AvgIpc) is 3.35. The fourth-order valence-corrected chi connectivity index (χ4v) is 5.53. The molecule has 12 heteroatoms. The lowest BCUT2D eigenvalue weighted by atomic mass is 10.2. The van der Waals surface area contributed by atoms with E-state index in [9.17, 15) is 18.0 Å². The molecule has 0 aliphatic rings. The minimum atomic E-state index is -4.06. The quantitative estimate of drug-likeness (QED) is 0.362. The first kappa shape index (κ1) is 22.2. The molecule has 3 N–H and O–H groups in total. The van der Waals surface area contributed by atoms with Crippen molar-refractivity contribution >= 4 is 56.3 Å². The summed E-state index contributed by atoms with van der Waals surface area (Å²) >= 11 is 12.9. The zero-order valence-electron chi connectivity index (χ0n) is 16.0. The number of carbonyl (C=O) groups excluding carboxylic acids is 1. The molecule has 4 rings (SSSR count). The van der Waals surface area contributed by atoms with Crippen molar-refractivity contribution in [3.63, 3.8) is 0 Å². The highest BCUT2D eigenvalue weighted by atomic mass is 35.5. The third-order valence-corrected chi connectivity index (χ3v) is 7.65. The number of nitrogens with zero attached hydrogens (tertiary/aromatic N) is 1. The van der Waals surface area contributed by atoms with Gasteiger partial charge in [-0.15, -0.1) is 11.3 Å². The highest BCUT2D eigenvalue weighted by molar-refractivity contribution is 7.92. The van der Waals surface area contributed by atoms with Crippen molar-refractivity contribution in [2.45, 2.75) is 4.21 Å². The maximum absolute atomic E-state index is 12.4. The summed E-state index contributed by atoms with van der Waals surface area (Å²) < 4.78 is 27.8. The monoisotopic (exact) mass is 508 g/mol. The Bertz CT molecular complexity index is 1460. The Balaban J connectivity index is 1.52. The fraction of sp³-hybridized carbons (Fsp3) is 0. The lowest BCUT2D eigenvalue weighted by molar-refractivity contribution is 0.256. The molecule has 2 aromatic heterocycles. The van der Waals surface area contributed by atoms with Crippen LogP contribution in [0.1, 0.15) is 0 Å². The third-order valence-electron chi connectivity index (χ3n) is 4.29. The molecule has 32 heavy (non-hydrogen) atoms. The predicted octanol–water partition coefficient (Wildman–Crippen LogP) is 4.71. The molecule has 2 amide bonds. The molecule has 0 saturated carbocycles. The molecular weight excluding hydrogens is 495 g/mol. The number of aromatic nitrogens is 2. The van der Waals surface area contributed by atoms with Crippen LogP contribution >= 0.6 is 34.5 Å². The van der Waals surface area contributed by atoms with E-state index in [4.69, 9.17) is 23.2 Å². The van der Waals surface area contributed by atoms with Crippen molar-refractivity contribution < 1.29 is 13.2 Å². The Labute approximate surface area is 196 Å². The van der Waals surface area contributed by atoms with Crippen LogP contribution in [-0.2, 0) is 10.0 Å². The second-order valence-corrected chi connectivity index (χ2v) is 10.5. The van der Waals surface area contributed by atoms with Gasteiger partial charge in [-0.05, 0) is 35.9 Å². The predicted molar refractivity (Wildman–Crippen MR) is 126 cm³/mol. The van der Waals surface area contributed by atoms with Gasteiger partial charge < -0.3 is 5.32 Å². The van der Waals surface area contributed by atoms with Crippen molar-refractivity contribution in [3.8, 4) is 16.9 Å². The summed E-state index contributed by atoms with van der Waals surface area (Å²) in [5, 5.41) is 5.56. The summed E-state index contributed by atoms with van der Waals surface area (Å²) in [5.74, 6) is 0. The first-order valence-corrected chi connectivity index (χ1v) is 12.0. The van der Waals surface area contributed by atoms with Crippen LogP contribution in [0.3, 0.4) is 0 Å². The van der Waals surface area contributed by atoms with Crippen molar-refractivity contribution in [2.75, 3.05) is 5.32 Å². The van der Waals surface area contributed by atoms with Crippen molar-refractivity contribution in [2.24, 2.45) is 0 Å². The summed E-state index contributed by atoms with van der Waals surface area (Å²) in [7, 11) is -4.06. The molecule has 0 atom stereocenters. The van der Waals surface area contributed by atoms with E-state index in [1.807, 2.05) is 35.1 Å². The van der Waals surface area contributed by atoms with E-state index >= 15 is 0 Å². The first-order valence-electron chi connectivity index (χ1n) is 8.99. The Kier molecular flexibility index (Phi) is 6.11. The van der Waals surface area contributed by atoms with E-state index in [1.54, 1.807) is 0 Å². The van der Waals surface area contributed by atoms with Crippen LogP contribution in [0.5, 0.6) is 0 Å². The summed E-state index contributed by atoms with van der Waals surface area (Å²) in [6.45, 7) is 0. The van der Waals surface area contributed by atoms with E-state index in [-0.39, 0.29) is 24.8 Å². The van der Waals surface area contributed by atoms with Crippen LogP contribution in [0.2, 0.25) is 9.36 Å². The molecule has 0 aliphatic carbocycles. The Hall–Kier alpha value is -3.05. The molecular formula is C20H14Cl2N4O4S2. The third kappa shape index (κ3) is 4.73. The number of hydrogen-bond donors (Lipinski definition) is 3. The van der Waals surface area contributed by atoms with Crippen LogP contribution in [0.4, 0.5) is 10.5 Å². The molecule has 0 fully saturated rings. The topological polar surface area (TPSA) is 113 Å². The molecule has 0 aliphatic heterocycles. The maximum Gasteiger partial charge on any atom is 0.333 e. The van der Waals surface area contributed by atoms with Gasteiger partial charge in [0, 0.05) is 11.8 Å². The number of benzene rings is 2. The summed E-state index contributed by atoms with van der Waals surface area (Å²) in [4.78, 5) is 24.6. The maximum atomic E-state index is 12.4. The lowest BCUT2D eigenvalue weighted by Gasteiger charge is -2.10. The van der Waals surface area contributed by atoms with Gasteiger partial charge in [0.1, 0.15) is 4.21 Å². The minimum Gasteiger partial charge on any atom is -0.307 e. The number of urea groups is 1. The first-order chi connectivity index (χ1) is 15.2. The van der Waals surface area contributed by atoms with Gasteiger partial charge in [0.25, 0.3) is 15.6 Å². The van der Waals surface area contributed by atoms with Gasteiger partial charge in [-0.3, -0.25) is 9.89 Å². The summed E-state index contributed by atoms with van der Waals surface area (Å²) in [6.07, 6.45) is 0. The molecule has 0 bridgehead atoms. The molecule has 0 unspecified atom stereocenters. The fourth-order valence-electron chi connectivity index (χ4n) is 2.88. The normalized spacial score (nSPS) is 11.3. The highest BCUT2D eigenvalue weighted by Gasteiger charge is 2.20. The molecule has 0 radical (unpaired) electrons. The van der Waals surface area contributed by atoms with Crippen molar-refractivity contribution in [1.29, 1.82) is 0 Å². The van der Waals surface area contributed by atoms with Gasteiger partial charge >= 0.3 is 6.03 Å². The zero-order chi connectivity index (χ0) is 22.9. The second kappa shape index (κ2) is 8.83. The number of aromatic amines is 1. The number of amides is 2. The molecule has 164 valence electrons. The number of anilines is 1. The van der Waals surface area contributed by atoms with Crippen LogP contribution in [-0.4, -0.2) is 24.2 Å². The molecule has 0 saturated heterocycles. The molecule has 8 nitrogen and oxygen atoms in total. The van der Waals surface area contributed by atoms with E-state index in [0.29, 0.717) is 11.4 Å². The van der Waals surface area contributed by atoms with Gasteiger partial charge in [0.15, 0.2) is 0 Å². The smallest absolute Gasteiger partial charge is 0.307 e. The van der Waals surface area contributed by atoms with E-state index in [0.717, 1.165) is 16.9 Å². The summed E-state index contributed by atoms with van der Waals surface area (Å²) in [5.41, 5.74) is 1.74. The standard InChI is InChI=1S/C20H14Cl2N4O4S2/c21-14-10-13(23-20(28)25-32(29,30)19-9-8-17(22)31-19)6-7-16(14)26-18(27)11-15(24-26)12-4-2-1-3-5-12/h1-11,24H,(H2,23,25,28). The van der Waals surface area contributed by atoms with Crippen LogP contribution in [0, 0.1) is 0 Å². The Morgan fingerprint density at radius 1 is 1.00 bits per heavy atom. The molecule has 4 aromatic rings. The zero-order valence-corrected chi connectivity index (χ0v) is 19.1. The van der Waals surface area contributed by atoms with Gasteiger partial charge in [0.2, 0.25) is 0 Å². The van der Waals surface area contributed by atoms with E-state index in [1.165, 1.54) is 41.1 Å². The number of rotatable bonds is 5. The number of nitrogens with one attached hydrogen (secondary N) is 3. The van der Waals surface area contributed by atoms with E-state index < -0.39 is 16.1 Å². The number of halogens is 2. The second-order valence-electron chi connectivity index (χ2n) is 6.49. The Morgan fingerprint density at radius 3 is 2.41 bits per heavy atom. The van der Waals surface area contributed by atoms with Gasteiger partial charge in [0.05, 0.1) is 20.7 Å². The average molecular weight is 509 g/mol. The number of thiophene rings is 1. The number of hydrogen-bond acceptors (Lipinski definition) is 5. The minimum absolute atomic E-state index is 0.0913.